The first-order chi connectivity index (χ1) is 9.27. The number of ketones is 1. The van der Waals surface area contributed by atoms with E-state index in [4.69, 9.17) is 4.18 Å². The molecule has 6 heteroatoms. The van der Waals surface area contributed by atoms with Gasteiger partial charge >= 0.3 is 0 Å². The molecule has 0 aromatic rings. The molecule has 1 heterocycles. The fourth-order valence-corrected chi connectivity index (χ4v) is 7.35. The summed E-state index contributed by atoms with van der Waals surface area (Å²) in [5, 5.41) is 0. The number of hydrogen-bond acceptors (Lipinski definition) is 5. The quantitative estimate of drug-likeness (QED) is 0.744. The summed E-state index contributed by atoms with van der Waals surface area (Å²) in [6.45, 7) is 4.10. The normalized spacial score (nSPS) is 39.6. The predicted octanol–water partition coefficient (Wildman–Crippen LogP) is 2.23. The Kier molecular flexibility index (Phi) is 3.50. The molecule has 3 fully saturated rings. The Morgan fingerprint density at radius 3 is 2.60 bits per heavy atom. The van der Waals surface area contributed by atoms with Crippen LogP contribution in [0.25, 0.3) is 0 Å². The molecule has 114 valence electrons. The van der Waals surface area contributed by atoms with Crippen LogP contribution in [-0.2, 0) is 19.1 Å². The van der Waals surface area contributed by atoms with E-state index in [9.17, 15) is 13.2 Å². The third-order valence-corrected chi connectivity index (χ3v) is 8.28. The van der Waals surface area contributed by atoms with Gasteiger partial charge < -0.3 is 0 Å². The molecule has 0 unspecified atom stereocenters. The van der Waals surface area contributed by atoms with E-state index in [0.29, 0.717) is 18.8 Å². The number of carbonyl (C=O) groups excluding carboxylic acids is 1. The topological polar surface area (TPSA) is 60.4 Å². The maximum Gasteiger partial charge on any atom is 0.268 e. The summed E-state index contributed by atoms with van der Waals surface area (Å²) in [5.74, 6) is 2.05. The zero-order chi connectivity index (χ0) is 14.6. The molecule has 3 aliphatic rings. The maximum absolute atomic E-state index is 12.4. The summed E-state index contributed by atoms with van der Waals surface area (Å²) in [6.07, 6.45) is 2.80. The van der Waals surface area contributed by atoms with Crippen LogP contribution < -0.4 is 0 Å². The van der Waals surface area contributed by atoms with Gasteiger partial charge in [0.1, 0.15) is 5.78 Å². The van der Waals surface area contributed by atoms with E-state index >= 15 is 0 Å². The highest BCUT2D eigenvalue weighted by atomic mass is 32.2. The molecular formula is C14H22O4S2. The first-order valence-electron chi connectivity index (χ1n) is 7.29. The van der Waals surface area contributed by atoms with Crippen molar-refractivity contribution in [1.29, 1.82) is 0 Å². The van der Waals surface area contributed by atoms with Crippen LogP contribution in [0.4, 0.5) is 0 Å². The monoisotopic (exact) mass is 318 g/mol. The van der Waals surface area contributed by atoms with Crippen LogP contribution in [0.3, 0.4) is 0 Å². The largest absolute Gasteiger partial charge is 0.299 e. The minimum absolute atomic E-state index is 0.122. The molecule has 4 nitrogen and oxygen atoms in total. The van der Waals surface area contributed by atoms with Crippen molar-refractivity contribution in [3.8, 4) is 0 Å². The molecule has 3 rings (SSSR count). The smallest absolute Gasteiger partial charge is 0.268 e. The standard InChI is InChI=1S/C14H22O4S2/c1-13(2)10-3-5-14(13,12(15)7-10)9-20(16,17)18-11-4-6-19-8-11/h10-11H,3-9H2,1-2H3/t10-,11+,14-/m0/s1. The van der Waals surface area contributed by atoms with Crippen LogP contribution in [0.15, 0.2) is 0 Å². The summed E-state index contributed by atoms with van der Waals surface area (Å²) in [4.78, 5) is 12.4. The summed E-state index contributed by atoms with van der Waals surface area (Å²) in [5.41, 5.74) is -0.923. The average Bonchev–Trinajstić information content (AvgIpc) is 2.94. The predicted molar refractivity (Wildman–Crippen MR) is 79.2 cm³/mol. The van der Waals surface area contributed by atoms with Gasteiger partial charge in [0.15, 0.2) is 0 Å². The molecule has 1 saturated heterocycles. The zero-order valence-electron chi connectivity index (χ0n) is 12.1. The summed E-state index contributed by atoms with van der Waals surface area (Å²) in [7, 11) is -3.63. The van der Waals surface area contributed by atoms with Crippen molar-refractivity contribution >= 4 is 27.7 Å². The average molecular weight is 318 g/mol. The SMILES string of the molecule is CC1(C)[C@H]2CC[C@]1(CS(=O)(=O)O[C@@H]1CCSC1)C(=O)C2. The van der Waals surface area contributed by atoms with Crippen LogP contribution in [0.2, 0.25) is 0 Å². The lowest BCUT2D eigenvalue weighted by Crippen LogP contribution is -2.43. The number of rotatable bonds is 4. The van der Waals surface area contributed by atoms with Gasteiger partial charge in [0.05, 0.1) is 17.3 Å². The first kappa shape index (κ1) is 14.9. The van der Waals surface area contributed by atoms with Crippen molar-refractivity contribution in [3.63, 3.8) is 0 Å². The van der Waals surface area contributed by atoms with Crippen LogP contribution >= 0.6 is 11.8 Å². The van der Waals surface area contributed by atoms with E-state index in [1.807, 2.05) is 0 Å². The highest BCUT2D eigenvalue weighted by Gasteiger charge is 2.65. The Bertz CT molecular complexity index is 519. The lowest BCUT2D eigenvalue weighted by Gasteiger charge is -2.36. The first-order valence-corrected chi connectivity index (χ1v) is 10.0. The molecule has 0 amide bonds. The fourth-order valence-electron chi connectivity index (χ4n) is 4.24. The van der Waals surface area contributed by atoms with Crippen molar-refractivity contribution in [2.45, 2.75) is 45.6 Å². The molecule has 1 aliphatic heterocycles. The van der Waals surface area contributed by atoms with Gasteiger partial charge in [0, 0.05) is 12.2 Å². The van der Waals surface area contributed by atoms with Gasteiger partial charge in [0.25, 0.3) is 10.1 Å². The van der Waals surface area contributed by atoms with Crippen molar-refractivity contribution in [3.05, 3.63) is 0 Å². The Morgan fingerprint density at radius 1 is 1.35 bits per heavy atom. The van der Waals surface area contributed by atoms with Crippen molar-refractivity contribution < 1.29 is 17.4 Å². The minimum Gasteiger partial charge on any atom is -0.299 e. The molecule has 2 aliphatic carbocycles. The van der Waals surface area contributed by atoms with Gasteiger partial charge in [-0.25, -0.2) is 0 Å². The van der Waals surface area contributed by atoms with Crippen molar-refractivity contribution in [2.24, 2.45) is 16.7 Å². The lowest BCUT2D eigenvalue weighted by atomic mass is 9.70. The molecule has 2 saturated carbocycles. The van der Waals surface area contributed by atoms with Gasteiger partial charge in [-0.3, -0.25) is 8.98 Å². The van der Waals surface area contributed by atoms with Crippen LogP contribution in [0, 0.1) is 16.7 Å². The Morgan fingerprint density at radius 2 is 2.10 bits per heavy atom. The molecule has 3 atom stereocenters. The van der Waals surface area contributed by atoms with Gasteiger partial charge in [-0.15, -0.1) is 0 Å². The number of hydrogen-bond donors (Lipinski definition) is 0. The highest BCUT2D eigenvalue weighted by molar-refractivity contribution is 7.99. The Labute approximate surface area is 125 Å². The summed E-state index contributed by atoms with van der Waals surface area (Å²) in [6, 6.07) is 0. The number of fused-ring (bicyclic) bond motifs is 2. The number of carbonyl (C=O) groups is 1. The highest BCUT2D eigenvalue weighted by Crippen LogP contribution is 2.64. The van der Waals surface area contributed by atoms with Gasteiger partial charge in [-0.2, -0.15) is 20.2 Å². The van der Waals surface area contributed by atoms with Gasteiger partial charge in [-0.05, 0) is 36.3 Å². The van der Waals surface area contributed by atoms with Crippen LogP contribution in [-0.4, -0.2) is 37.6 Å². The van der Waals surface area contributed by atoms with Crippen molar-refractivity contribution in [1.82, 2.24) is 0 Å². The van der Waals surface area contributed by atoms with Crippen LogP contribution in [0.5, 0.6) is 0 Å². The minimum atomic E-state index is -3.63. The lowest BCUT2D eigenvalue weighted by molar-refractivity contribution is -0.128. The Balaban J connectivity index is 1.80. The molecule has 0 radical (unpaired) electrons. The Hall–Kier alpha value is -0.0700. The second-order valence-electron chi connectivity index (χ2n) is 6.95. The van der Waals surface area contributed by atoms with E-state index in [0.717, 1.165) is 24.3 Å². The van der Waals surface area contributed by atoms with Gasteiger partial charge in [0.2, 0.25) is 0 Å². The van der Waals surface area contributed by atoms with E-state index in [1.165, 1.54) is 0 Å². The van der Waals surface area contributed by atoms with Crippen molar-refractivity contribution in [2.75, 3.05) is 17.3 Å². The van der Waals surface area contributed by atoms with Gasteiger partial charge in [-0.1, -0.05) is 13.8 Å². The molecule has 0 spiro atoms. The summed E-state index contributed by atoms with van der Waals surface area (Å²) >= 11 is 1.72. The fraction of sp³-hybridized carbons (Fsp3) is 0.929. The molecule has 0 aromatic carbocycles. The van der Waals surface area contributed by atoms with Crippen LogP contribution in [0.1, 0.15) is 39.5 Å². The van der Waals surface area contributed by atoms with E-state index < -0.39 is 15.5 Å². The maximum atomic E-state index is 12.4. The summed E-state index contributed by atoms with van der Waals surface area (Å²) < 4.78 is 30.1. The second kappa shape index (κ2) is 4.71. The number of Topliss-reactive ketones (excluding diaryl/α,β-unsaturated/α-hetero) is 1. The molecule has 0 aromatic heterocycles. The van der Waals surface area contributed by atoms with E-state index in [-0.39, 0.29) is 23.1 Å². The van der Waals surface area contributed by atoms with E-state index in [2.05, 4.69) is 13.8 Å². The molecular weight excluding hydrogens is 296 g/mol. The second-order valence-corrected chi connectivity index (χ2v) is 9.70. The molecule has 20 heavy (non-hydrogen) atoms. The zero-order valence-corrected chi connectivity index (χ0v) is 13.7. The third-order valence-electron chi connectivity index (χ3n) is 5.73. The molecule has 0 N–H and O–H groups in total. The number of thioether (sulfide) groups is 1. The van der Waals surface area contributed by atoms with E-state index in [1.54, 1.807) is 11.8 Å². The third kappa shape index (κ3) is 2.15. The molecule has 2 bridgehead atoms.